The molecule has 97 valence electrons. The maximum absolute atomic E-state index is 13.3. The van der Waals surface area contributed by atoms with E-state index in [1.54, 1.807) is 0 Å². The largest absolute Gasteiger partial charge is 0.390 e. The number of halogens is 2. The molecule has 4 heteroatoms. The normalized spacial score (nSPS) is 10.9. The van der Waals surface area contributed by atoms with Crippen LogP contribution < -0.4 is 0 Å². The Morgan fingerprint density at radius 1 is 1.11 bits per heavy atom. The lowest BCUT2D eigenvalue weighted by atomic mass is 10.2. The van der Waals surface area contributed by atoms with E-state index >= 15 is 0 Å². The highest BCUT2D eigenvalue weighted by molar-refractivity contribution is 5.79. The van der Waals surface area contributed by atoms with Gasteiger partial charge in [-0.1, -0.05) is 35.0 Å². The molecule has 0 amide bonds. The smallest absolute Gasteiger partial charge is 0.145 e. The molecule has 2 aromatic carbocycles. The third-order valence-electron chi connectivity index (χ3n) is 2.53. The van der Waals surface area contributed by atoms with E-state index in [9.17, 15) is 8.78 Å². The fourth-order valence-electron chi connectivity index (χ4n) is 1.45. The molecule has 0 bridgehead atoms. The molecule has 0 saturated heterocycles. The van der Waals surface area contributed by atoms with Crippen LogP contribution >= 0.6 is 0 Å². The van der Waals surface area contributed by atoms with Crippen molar-refractivity contribution in [3.05, 3.63) is 70.8 Å². The van der Waals surface area contributed by atoms with E-state index in [4.69, 9.17) is 4.84 Å². The van der Waals surface area contributed by atoms with Crippen LogP contribution in [0.2, 0.25) is 0 Å². The van der Waals surface area contributed by atoms with Crippen LogP contribution in [-0.4, -0.2) is 6.21 Å². The van der Waals surface area contributed by atoms with Crippen LogP contribution in [0.1, 0.15) is 16.7 Å². The van der Waals surface area contributed by atoms with E-state index in [-0.39, 0.29) is 12.2 Å². The topological polar surface area (TPSA) is 21.6 Å². The molecule has 2 aromatic rings. The lowest BCUT2D eigenvalue weighted by Crippen LogP contribution is -1.93. The van der Waals surface area contributed by atoms with Crippen molar-refractivity contribution in [1.82, 2.24) is 0 Å². The molecule has 0 N–H and O–H groups in total. The zero-order valence-electron chi connectivity index (χ0n) is 10.4. The predicted octanol–water partition coefficient (Wildman–Crippen LogP) is 3.70. The predicted molar refractivity (Wildman–Crippen MR) is 68.9 cm³/mol. The average molecular weight is 260 g/mol. The molecule has 0 aliphatic rings. The summed E-state index contributed by atoms with van der Waals surface area (Å²) in [6.07, 6.45) is 2.68. The van der Waals surface area contributed by atoms with Gasteiger partial charge in [-0.15, -0.1) is 0 Å². The van der Waals surface area contributed by atoms with Gasteiger partial charge in [0.15, 0.2) is 0 Å². The first-order valence-electron chi connectivity index (χ1n) is 5.74. The molecule has 0 unspecified atom stereocenters. The molecule has 2 nitrogen and oxygen atoms in total. The van der Waals surface area contributed by atoms with Crippen molar-refractivity contribution in [3.8, 4) is 0 Å². The Balaban J connectivity index is 1.91. The highest BCUT2D eigenvalue weighted by Gasteiger charge is 2.03. The van der Waals surface area contributed by atoms with Crippen molar-refractivity contribution in [2.75, 3.05) is 0 Å². The first-order chi connectivity index (χ1) is 9.15. The second kappa shape index (κ2) is 6.09. The highest BCUT2D eigenvalue weighted by Crippen LogP contribution is 2.10. The summed E-state index contributed by atoms with van der Waals surface area (Å²) in [4.78, 5) is 4.93. The van der Waals surface area contributed by atoms with E-state index in [1.807, 2.05) is 31.2 Å². The summed E-state index contributed by atoms with van der Waals surface area (Å²) >= 11 is 0. The van der Waals surface area contributed by atoms with Gasteiger partial charge in [-0.25, -0.2) is 8.78 Å². The van der Waals surface area contributed by atoms with Crippen molar-refractivity contribution >= 4 is 6.21 Å². The van der Waals surface area contributed by atoms with E-state index in [0.717, 1.165) is 17.2 Å². The SMILES string of the molecule is Cc1ccc(/[C]=N\OCc2ccc(F)cc2F)cc1. The molecule has 0 saturated carbocycles. The van der Waals surface area contributed by atoms with Gasteiger partial charge >= 0.3 is 0 Å². The van der Waals surface area contributed by atoms with Crippen molar-refractivity contribution in [1.29, 1.82) is 0 Å². The fourth-order valence-corrected chi connectivity index (χ4v) is 1.45. The molecule has 19 heavy (non-hydrogen) atoms. The molecule has 0 spiro atoms. The van der Waals surface area contributed by atoms with Crippen LogP contribution in [0.25, 0.3) is 0 Å². The second-order valence-electron chi connectivity index (χ2n) is 4.08. The molecular weight excluding hydrogens is 248 g/mol. The summed E-state index contributed by atoms with van der Waals surface area (Å²) in [5.74, 6) is -1.26. The highest BCUT2D eigenvalue weighted by atomic mass is 19.1. The Labute approximate surface area is 110 Å². The molecule has 0 atom stereocenters. The van der Waals surface area contributed by atoms with Crippen LogP contribution in [0.4, 0.5) is 8.78 Å². The van der Waals surface area contributed by atoms with Gasteiger partial charge in [0.25, 0.3) is 0 Å². The van der Waals surface area contributed by atoms with Gasteiger partial charge in [0.1, 0.15) is 24.5 Å². The summed E-state index contributed by atoms with van der Waals surface area (Å²) in [6.45, 7) is 1.92. The summed E-state index contributed by atoms with van der Waals surface area (Å²) in [5, 5.41) is 3.62. The Morgan fingerprint density at radius 2 is 1.84 bits per heavy atom. The second-order valence-corrected chi connectivity index (χ2v) is 4.08. The quantitative estimate of drug-likeness (QED) is 0.606. The summed E-state index contributed by atoms with van der Waals surface area (Å²) < 4.78 is 25.9. The first kappa shape index (κ1) is 13.2. The first-order valence-corrected chi connectivity index (χ1v) is 5.74. The number of rotatable bonds is 4. The summed E-state index contributed by atoms with van der Waals surface area (Å²) in [7, 11) is 0. The van der Waals surface area contributed by atoms with Crippen LogP contribution in [0.3, 0.4) is 0 Å². The van der Waals surface area contributed by atoms with Gasteiger partial charge in [-0.05, 0) is 19.1 Å². The van der Waals surface area contributed by atoms with Gasteiger partial charge in [-0.3, -0.25) is 0 Å². The number of hydrogen-bond acceptors (Lipinski definition) is 2. The van der Waals surface area contributed by atoms with Crippen LogP contribution in [0, 0.1) is 18.6 Å². The number of benzene rings is 2. The van der Waals surface area contributed by atoms with Gasteiger partial charge in [-0.2, -0.15) is 0 Å². The zero-order valence-corrected chi connectivity index (χ0v) is 10.4. The van der Waals surface area contributed by atoms with Gasteiger partial charge in [0, 0.05) is 17.2 Å². The van der Waals surface area contributed by atoms with E-state index in [0.29, 0.717) is 0 Å². The third kappa shape index (κ3) is 3.88. The van der Waals surface area contributed by atoms with Gasteiger partial charge < -0.3 is 4.84 Å². The Hall–Kier alpha value is -2.23. The fraction of sp³-hybridized carbons (Fsp3) is 0.133. The standard InChI is InChI=1S/C15H12F2NO/c1-11-2-4-12(5-3-11)9-18-19-10-13-6-7-14(16)8-15(13)17/h2-8H,10H2,1H3. The van der Waals surface area contributed by atoms with Crippen molar-refractivity contribution in [3.63, 3.8) is 0 Å². The molecule has 0 aliphatic heterocycles. The Morgan fingerprint density at radius 3 is 2.53 bits per heavy atom. The lowest BCUT2D eigenvalue weighted by Gasteiger charge is -2.01. The average Bonchev–Trinajstić information content (AvgIpc) is 2.39. The molecule has 0 aliphatic carbocycles. The van der Waals surface area contributed by atoms with Crippen molar-refractivity contribution in [2.45, 2.75) is 13.5 Å². The van der Waals surface area contributed by atoms with Crippen molar-refractivity contribution in [2.24, 2.45) is 5.16 Å². The van der Waals surface area contributed by atoms with Gasteiger partial charge in [0.05, 0.1) is 0 Å². The maximum atomic E-state index is 13.3. The maximum Gasteiger partial charge on any atom is 0.145 e. The number of nitrogens with zero attached hydrogens (tertiary/aromatic N) is 1. The van der Waals surface area contributed by atoms with Crippen molar-refractivity contribution < 1.29 is 13.6 Å². The van der Waals surface area contributed by atoms with E-state index < -0.39 is 11.6 Å². The zero-order chi connectivity index (χ0) is 13.7. The van der Waals surface area contributed by atoms with Crippen LogP contribution in [0.5, 0.6) is 0 Å². The molecule has 1 radical (unpaired) electrons. The Kier molecular flexibility index (Phi) is 4.23. The third-order valence-corrected chi connectivity index (χ3v) is 2.53. The summed E-state index contributed by atoms with van der Waals surface area (Å²) in [5.41, 5.74) is 2.15. The summed E-state index contributed by atoms with van der Waals surface area (Å²) in [6, 6.07) is 10.9. The van der Waals surface area contributed by atoms with E-state index in [2.05, 4.69) is 11.4 Å². The molecule has 2 rings (SSSR count). The molecular formula is C15H12F2NO. The Bertz CT molecular complexity index is 579. The van der Waals surface area contributed by atoms with E-state index in [1.165, 1.54) is 12.1 Å². The van der Waals surface area contributed by atoms with Crippen LogP contribution in [-0.2, 0) is 11.4 Å². The minimum Gasteiger partial charge on any atom is -0.390 e. The monoisotopic (exact) mass is 260 g/mol. The van der Waals surface area contributed by atoms with Gasteiger partial charge in [0.2, 0.25) is 0 Å². The number of hydrogen-bond donors (Lipinski definition) is 0. The lowest BCUT2D eigenvalue weighted by molar-refractivity contribution is 0.129. The minimum absolute atomic E-state index is 0.0645. The molecule has 0 aromatic heterocycles. The molecule has 0 heterocycles. The number of aryl methyl sites for hydroxylation is 1. The van der Waals surface area contributed by atoms with Crippen LogP contribution in [0.15, 0.2) is 47.6 Å². The molecule has 0 fully saturated rings. The minimum atomic E-state index is -0.648.